The van der Waals surface area contributed by atoms with Crippen molar-refractivity contribution in [3.63, 3.8) is 0 Å². The lowest BCUT2D eigenvalue weighted by atomic mass is 10.1. The highest BCUT2D eigenvalue weighted by atomic mass is 16.5. The highest BCUT2D eigenvalue weighted by molar-refractivity contribution is 5.38. The van der Waals surface area contributed by atoms with Crippen LogP contribution < -0.4 is 10.1 Å². The lowest BCUT2D eigenvalue weighted by molar-refractivity contribution is 0.0904. The predicted molar refractivity (Wildman–Crippen MR) is 62.9 cm³/mol. The van der Waals surface area contributed by atoms with Gasteiger partial charge in [0.05, 0.1) is 6.61 Å². The van der Waals surface area contributed by atoms with Crippen LogP contribution in [0.5, 0.6) is 5.88 Å². The second kappa shape index (κ2) is 5.70. The van der Waals surface area contributed by atoms with Crippen molar-refractivity contribution < 1.29 is 9.47 Å². The number of nitrogens with zero attached hydrogens (tertiary/aromatic N) is 1. The van der Waals surface area contributed by atoms with Gasteiger partial charge in [-0.2, -0.15) is 4.98 Å². The Morgan fingerprint density at radius 3 is 3.00 bits per heavy atom. The molecule has 4 heteroatoms. The van der Waals surface area contributed by atoms with Gasteiger partial charge in [-0.15, -0.1) is 0 Å². The Morgan fingerprint density at radius 2 is 2.25 bits per heavy atom. The summed E-state index contributed by atoms with van der Waals surface area (Å²) >= 11 is 0. The fraction of sp³-hybridized carbons (Fsp3) is 0.583. The molecule has 1 aliphatic heterocycles. The molecule has 16 heavy (non-hydrogen) atoms. The zero-order chi connectivity index (χ0) is 11.2. The van der Waals surface area contributed by atoms with Crippen molar-refractivity contribution in [2.24, 2.45) is 0 Å². The topological polar surface area (TPSA) is 43.4 Å². The van der Waals surface area contributed by atoms with Crippen LogP contribution in [0.3, 0.4) is 0 Å². The van der Waals surface area contributed by atoms with Crippen molar-refractivity contribution in [1.82, 2.24) is 4.98 Å². The first-order valence-corrected chi connectivity index (χ1v) is 5.82. The number of hydrogen-bond donors (Lipinski definition) is 1. The minimum Gasteiger partial charge on any atom is -0.478 e. The highest BCUT2D eigenvalue weighted by Crippen LogP contribution is 2.16. The molecule has 0 spiro atoms. The molecule has 1 aromatic rings. The molecule has 2 rings (SSSR count). The lowest BCUT2D eigenvalue weighted by Gasteiger charge is -2.23. The van der Waals surface area contributed by atoms with Gasteiger partial charge in [0.2, 0.25) is 5.88 Å². The van der Waals surface area contributed by atoms with Crippen molar-refractivity contribution in [2.45, 2.75) is 25.8 Å². The molecule has 1 N–H and O–H groups in total. The normalized spacial score (nSPS) is 17.1. The molecule has 1 fully saturated rings. The third-order valence-corrected chi connectivity index (χ3v) is 2.59. The van der Waals surface area contributed by atoms with E-state index in [0.717, 1.165) is 31.9 Å². The van der Waals surface area contributed by atoms with Crippen molar-refractivity contribution >= 4 is 5.82 Å². The molecular weight excluding hydrogens is 204 g/mol. The Labute approximate surface area is 96.0 Å². The Hall–Kier alpha value is -1.29. The van der Waals surface area contributed by atoms with E-state index in [-0.39, 0.29) is 0 Å². The Morgan fingerprint density at radius 1 is 1.44 bits per heavy atom. The molecule has 0 aromatic carbocycles. The number of hydrogen-bond acceptors (Lipinski definition) is 4. The largest absolute Gasteiger partial charge is 0.478 e. The SMILES string of the molecule is CCOc1cccc(NC2CCOCC2)n1. The van der Waals surface area contributed by atoms with Gasteiger partial charge in [-0.1, -0.05) is 6.07 Å². The second-order valence-electron chi connectivity index (χ2n) is 3.83. The Balaban J connectivity index is 1.94. The molecular formula is C12H18N2O2. The maximum absolute atomic E-state index is 5.36. The molecule has 0 aliphatic carbocycles. The van der Waals surface area contributed by atoms with Crippen molar-refractivity contribution in [2.75, 3.05) is 25.1 Å². The summed E-state index contributed by atoms with van der Waals surface area (Å²) in [6.45, 7) is 4.28. The quantitative estimate of drug-likeness (QED) is 0.847. The molecule has 1 saturated heterocycles. The fourth-order valence-corrected chi connectivity index (χ4v) is 1.77. The monoisotopic (exact) mass is 222 g/mol. The molecule has 1 aliphatic rings. The molecule has 0 unspecified atom stereocenters. The van der Waals surface area contributed by atoms with Gasteiger partial charge in [0.25, 0.3) is 0 Å². The summed E-state index contributed by atoms with van der Waals surface area (Å²) in [4.78, 5) is 4.38. The number of nitrogens with one attached hydrogen (secondary N) is 1. The van der Waals surface area contributed by atoms with Crippen LogP contribution in [0.15, 0.2) is 18.2 Å². The van der Waals surface area contributed by atoms with Gasteiger partial charge >= 0.3 is 0 Å². The van der Waals surface area contributed by atoms with Crippen LogP contribution in [0.2, 0.25) is 0 Å². The number of aromatic nitrogens is 1. The van der Waals surface area contributed by atoms with E-state index in [4.69, 9.17) is 9.47 Å². The second-order valence-corrected chi connectivity index (χ2v) is 3.83. The summed E-state index contributed by atoms with van der Waals surface area (Å²) in [5.41, 5.74) is 0. The maximum atomic E-state index is 5.36. The molecule has 0 radical (unpaired) electrons. The summed E-state index contributed by atoms with van der Waals surface area (Å²) in [5.74, 6) is 1.57. The van der Waals surface area contributed by atoms with E-state index >= 15 is 0 Å². The standard InChI is InChI=1S/C12H18N2O2/c1-2-16-12-5-3-4-11(14-12)13-10-6-8-15-9-7-10/h3-5,10H,2,6-9H2,1H3,(H,13,14). The lowest BCUT2D eigenvalue weighted by Crippen LogP contribution is -2.28. The minimum absolute atomic E-state index is 0.470. The first kappa shape index (κ1) is 11.2. The molecule has 0 bridgehead atoms. The van der Waals surface area contributed by atoms with Gasteiger partial charge in [0.15, 0.2) is 0 Å². The van der Waals surface area contributed by atoms with Crippen molar-refractivity contribution in [3.05, 3.63) is 18.2 Å². The molecule has 0 saturated carbocycles. The molecule has 4 nitrogen and oxygen atoms in total. The average Bonchev–Trinajstić information content (AvgIpc) is 2.31. The van der Waals surface area contributed by atoms with Crippen LogP contribution in [0, 0.1) is 0 Å². The summed E-state index contributed by atoms with van der Waals surface area (Å²) in [6.07, 6.45) is 2.08. The molecule has 0 amide bonds. The summed E-state index contributed by atoms with van der Waals surface area (Å²) in [5, 5.41) is 3.41. The van der Waals surface area contributed by atoms with Gasteiger partial charge < -0.3 is 14.8 Å². The van der Waals surface area contributed by atoms with Gasteiger partial charge in [0.1, 0.15) is 5.82 Å². The van der Waals surface area contributed by atoms with Gasteiger partial charge in [0, 0.05) is 25.3 Å². The average molecular weight is 222 g/mol. The van der Waals surface area contributed by atoms with Crippen molar-refractivity contribution in [3.8, 4) is 5.88 Å². The van der Waals surface area contributed by atoms with Crippen molar-refractivity contribution in [1.29, 1.82) is 0 Å². The predicted octanol–water partition coefficient (Wildman–Crippen LogP) is 2.07. The van der Waals surface area contributed by atoms with Crippen LogP contribution in [0.4, 0.5) is 5.82 Å². The third-order valence-electron chi connectivity index (χ3n) is 2.59. The summed E-state index contributed by atoms with van der Waals surface area (Å²) in [6, 6.07) is 6.27. The fourth-order valence-electron chi connectivity index (χ4n) is 1.77. The van der Waals surface area contributed by atoms with Crippen LogP contribution in [-0.4, -0.2) is 30.8 Å². The van der Waals surface area contributed by atoms with Crippen LogP contribution >= 0.6 is 0 Å². The van der Waals surface area contributed by atoms with E-state index in [1.165, 1.54) is 0 Å². The van der Waals surface area contributed by atoms with E-state index in [0.29, 0.717) is 18.5 Å². The Kier molecular flexibility index (Phi) is 3.99. The molecule has 0 atom stereocenters. The number of anilines is 1. The third kappa shape index (κ3) is 3.10. The first-order chi connectivity index (χ1) is 7.88. The molecule has 2 heterocycles. The number of ether oxygens (including phenoxy) is 2. The minimum atomic E-state index is 0.470. The van der Waals surface area contributed by atoms with E-state index in [2.05, 4.69) is 10.3 Å². The van der Waals surface area contributed by atoms with Gasteiger partial charge in [-0.3, -0.25) is 0 Å². The van der Waals surface area contributed by atoms with E-state index < -0.39 is 0 Å². The zero-order valence-electron chi connectivity index (χ0n) is 9.61. The smallest absolute Gasteiger partial charge is 0.215 e. The zero-order valence-corrected chi connectivity index (χ0v) is 9.61. The van der Waals surface area contributed by atoms with E-state index in [1.54, 1.807) is 0 Å². The van der Waals surface area contributed by atoms with E-state index in [9.17, 15) is 0 Å². The Bertz CT molecular complexity index is 325. The number of rotatable bonds is 4. The van der Waals surface area contributed by atoms with Crippen LogP contribution in [0.25, 0.3) is 0 Å². The first-order valence-electron chi connectivity index (χ1n) is 5.82. The van der Waals surface area contributed by atoms with Crippen LogP contribution in [0.1, 0.15) is 19.8 Å². The summed E-state index contributed by atoms with van der Waals surface area (Å²) < 4.78 is 10.7. The maximum Gasteiger partial charge on any atom is 0.215 e. The van der Waals surface area contributed by atoms with Crippen LogP contribution in [-0.2, 0) is 4.74 Å². The number of pyridine rings is 1. The summed E-state index contributed by atoms with van der Waals surface area (Å²) in [7, 11) is 0. The highest BCUT2D eigenvalue weighted by Gasteiger charge is 2.13. The molecule has 1 aromatic heterocycles. The van der Waals surface area contributed by atoms with Gasteiger partial charge in [-0.25, -0.2) is 0 Å². The molecule has 88 valence electrons. The van der Waals surface area contributed by atoms with Gasteiger partial charge in [-0.05, 0) is 25.8 Å². The van der Waals surface area contributed by atoms with E-state index in [1.807, 2.05) is 25.1 Å².